The van der Waals surface area contributed by atoms with Gasteiger partial charge in [-0.1, -0.05) is 0 Å². The number of anilines is 2. The number of aromatic nitrogens is 2. The zero-order valence-corrected chi connectivity index (χ0v) is 7.44. The smallest absolute Gasteiger partial charge is 0.224 e. The molecular weight excluding hydrogens is 168 g/mol. The molecule has 0 unspecified atom stereocenters. The Hall–Kier alpha value is -1.72. The highest BCUT2D eigenvalue weighted by atomic mass is 15.2. The van der Waals surface area contributed by atoms with Crippen LogP contribution < -0.4 is 22.3 Å². The first-order valence-electron chi connectivity index (χ1n) is 3.87. The van der Waals surface area contributed by atoms with Crippen molar-refractivity contribution in [3.8, 4) is 0 Å². The molecule has 2 heterocycles. The van der Waals surface area contributed by atoms with Crippen molar-refractivity contribution < 1.29 is 0 Å². The summed E-state index contributed by atoms with van der Waals surface area (Å²) in [5, 5.41) is 0.541. The van der Waals surface area contributed by atoms with Crippen LogP contribution in [0.15, 0.2) is 9.98 Å². The normalized spacial score (nSPS) is 17.4. The predicted octanol–water partition coefficient (Wildman–Crippen LogP) is -1.37. The van der Waals surface area contributed by atoms with Crippen LogP contribution in [0.1, 0.15) is 13.8 Å². The summed E-state index contributed by atoms with van der Waals surface area (Å²) in [4.78, 5) is 16.2. The molecule has 1 aliphatic rings. The van der Waals surface area contributed by atoms with Crippen molar-refractivity contribution in [1.29, 1.82) is 0 Å². The lowest BCUT2D eigenvalue weighted by molar-refractivity contribution is 0.547. The van der Waals surface area contributed by atoms with E-state index in [2.05, 4.69) is 20.0 Å². The highest BCUT2D eigenvalue weighted by molar-refractivity contribution is 5.32. The van der Waals surface area contributed by atoms with E-state index in [1.807, 2.05) is 13.8 Å². The van der Waals surface area contributed by atoms with Crippen molar-refractivity contribution in [2.75, 3.05) is 11.5 Å². The lowest BCUT2D eigenvalue weighted by atomic mass is 10.3. The molecule has 0 saturated heterocycles. The Morgan fingerprint density at radius 2 is 1.77 bits per heavy atom. The van der Waals surface area contributed by atoms with E-state index in [9.17, 15) is 0 Å². The lowest BCUT2D eigenvalue weighted by Crippen LogP contribution is -2.31. The van der Waals surface area contributed by atoms with E-state index >= 15 is 0 Å². The Labute approximate surface area is 74.4 Å². The van der Waals surface area contributed by atoms with Gasteiger partial charge in [-0.2, -0.15) is 9.97 Å². The van der Waals surface area contributed by atoms with Crippen LogP contribution in [0.4, 0.5) is 11.8 Å². The Kier molecular flexibility index (Phi) is 1.31. The van der Waals surface area contributed by atoms with Gasteiger partial charge in [0, 0.05) is 0 Å². The fourth-order valence-electron chi connectivity index (χ4n) is 1.22. The summed E-state index contributed by atoms with van der Waals surface area (Å²) in [6, 6.07) is 0. The number of nitrogens with zero attached hydrogens (tertiary/aromatic N) is 4. The summed E-state index contributed by atoms with van der Waals surface area (Å²) in [6.45, 7) is 3.73. The van der Waals surface area contributed by atoms with E-state index in [4.69, 9.17) is 11.5 Å². The second-order valence-corrected chi connectivity index (χ2v) is 3.36. The van der Waals surface area contributed by atoms with Crippen molar-refractivity contribution in [2.45, 2.75) is 19.5 Å². The van der Waals surface area contributed by atoms with E-state index in [0.29, 0.717) is 10.8 Å². The first kappa shape index (κ1) is 7.90. The van der Waals surface area contributed by atoms with Gasteiger partial charge in [-0.25, -0.2) is 9.98 Å². The first-order chi connectivity index (χ1) is 5.98. The largest absolute Gasteiger partial charge is 0.382 e. The van der Waals surface area contributed by atoms with Gasteiger partial charge in [0.25, 0.3) is 0 Å². The van der Waals surface area contributed by atoms with Gasteiger partial charge < -0.3 is 11.5 Å². The topological polar surface area (TPSA) is 103 Å². The maximum Gasteiger partial charge on any atom is 0.224 e. The molecule has 0 atom stereocenters. The zero-order chi connectivity index (χ0) is 9.64. The maximum atomic E-state index is 5.61. The third kappa shape index (κ3) is 1.20. The SMILES string of the molecule is CC1(C)N=c2nc(N)nc(N)c2=N1. The molecule has 6 nitrogen and oxygen atoms in total. The molecular formula is C7H10N6. The van der Waals surface area contributed by atoms with Crippen molar-refractivity contribution in [3.63, 3.8) is 0 Å². The van der Waals surface area contributed by atoms with Crippen molar-refractivity contribution in [2.24, 2.45) is 9.98 Å². The van der Waals surface area contributed by atoms with Crippen LogP contribution in [0.2, 0.25) is 0 Å². The average molecular weight is 178 g/mol. The van der Waals surface area contributed by atoms with E-state index in [0.717, 1.165) is 0 Å². The second kappa shape index (κ2) is 2.15. The Morgan fingerprint density at radius 1 is 1.08 bits per heavy atom. The predicted molar refractivity (Wildman–Crippen MR) is 47.2 cm³/mol. The van der Waals surface area contributed by atoms with Gasteiger partial charge in [0.15, 0.2) is 11.3 Å². The van der Waals surface area contributed by atoms with Crippen LogP contribution in [-0.2, 0) is 0 Å². The molecule has 0 aliphatic carbocycles. The quantitative estimate of drug-likeness (QED) is 0.511. The standard InChI is InChI=1S/C7H10N6/c1-7(2)12-3-4(8)10-6(9)11-5(3)13-7/h1-2H3,(H4,8,9,10,11,13). The number of hydrogen-bond donors (Lipinski definition) is 2. The van der Waals surface area contributed by atoms with Crippen LogP contribution in [0.5, 0.6) is 0 Å². The molecule has 68 valence electrons. The number of hydrogen-bond acceptors (Lipinski definition) is 6. The van der Waals surface area contributed by atoms with E-state index in [1.54, 1.807) is 0 Å². The minimum atomic E-state index is -0.501. The summed E-state index contributed by atoms with van der Waals surface area (Å²) in [5.74, 6) is 0.421. The molecule has 2 rings (SSSR count). The van der Waals surface area contributed by atoms with Crippen molar-refractivity contribution >= 4 is 11.8 Å². The highest BCUT2D eigenvalue weighted by Gasteiger charge is 2.20. The molecule has 4 N–H and O–H groups in total. The monoisotopic (exact) mass is 178 g/mol. The van der Waals surface area contributed by atoms with Gasteiger partial charge in [-0.3, -0.25) is 0 Å². The molecule has 1 aliphatic heterocycles. The average Bonchev–Trinajstić information content (AvgIpc) is 2.23. The van der Waals surface area contributed by atoms with Crippen LogP contribution in [0.25, 0.3) is 0 Å². The Morgan fingerprint density at radius 3 is 2.46 bits per heavy atom. The van der Waals surface area contributed by atoms with Crippen molar-refractivity contribution in [1.82, 2.24) is 9.97 Å². The van der Waals surface area contributed by atoms with E-state index < -0.39 is 5.66 Å². The van der Waals surface area contributed by atoms with Crippen LogP contribution in [-0.4, -0.2) is 15.6 Å². The Balaban J connectivity index is 2.86. The molecule has 1 aromatic heterocycles. The summed E-state index contributed by atoms with van der Waals surface area (Å²) in [7, 11) is 0. The minimum absolute atomic E-state index is 0.132. The molecule has 0 bridgehead atoms. The molecule has 0 amide bonds. The fourth-order valence-corrected chi connectivity index (χ4v) is 1.22. The summed E-state index contributed by atoms with van der Waals surface area (Å²) in [5.41, 5.74) is 11.0. The van der Waals surface area contributed by atoms with Crippen LogP contribution >= 0.6 is 0 Å². The number of nitrogen functional groups attached to an aromatic ring is 2. The molecule has 0 saturated carbocycles. The Bertz CT molecular complexity index is 474. The van der Waals surface area contributed by atoms with Crippen LogP contribution in [0, 0.1) is 0 Å². The van der Waals surface area contributed by atoms with E-state index in [1.165, 1.54) is 0 Å². The second-order valence-electron chi connectivity index (χ2n) is 3.36. The van der Waals surface area contributed by atoms with E-state index in [-0.39, 0.29) is 11.8 Å². The summed E-state index contributed by atoms with van der Waals surface area (Å²) >= 11 is 0. The number of fused-ring (bicyclic) bond motifs is 1. The van der Waals surface area contributed by atoms with Gasteiger partial charge in [-0.15, -0.1) is 0 Å². The first-order valence-corrected chi connectivity index (χ1v) is 3.87. The van der Waals surface area contributed by atoms with Gasteiger partial charge in [-0.05, 0) is 13.8 Å². The zero-order valence-electron chi connectivity index (χ0n) is 7.44. The molecule has 1 aromatic rings. The maximum absolute atomic E-state index is 5.61. The summed E-state index contributed by atoms with van der Waals surface area (Å²) < 4.78 is 0. The van der Waals surface area contributed by atoms with Gasteiger partial charge >= 0.3 is 0 Å². The molecule has 0 aromatic carbocycles. The fraction of sp³-hybridized carbons (Fsp3) is 0.429. The molecule has 0 radical (unpaired) electrons. The number of rotatable bonds is 0. The molecule has 13 heavy (non-hydrogen) atoms. The minimum Gasteiger partial charge on any atom is -0.382 e. The van der Waals surface area contributed by atoms with Crippen molar-refractivity contribution in [3.05, 3.63) is 10.8 Å². The third-order valence-electron chi connectivity index (χ3n) is 1.67. The van der Waals surface area contributed by atoms with Gasteiger partial charge in [0.2, 0.25) is 5.95 Å². The highest BCUT2D eigenvalue weighted by Crippen LogP contribution is 2.10. The van der Waals surface area contributed by atoms with Gasteiger partial charge in [0.1, 0.15) is 11.0 Å². The van der Waals surface area contributed by atoms with Gasteiger partial charge in [0.05, 0.1) is 0 Å². The molecule has 0 fully saturated rings. The lowest BCUT2D eigenvalue weighted by Gasteiger charge is -2.06. The summed E-state index contributed by atoms with van der Waals surface area (Å²) in [6.07, 6.45) is 0. The molecule has 0 spiro atoms. The van der Waals surface area contributed by atoms with Crippen LogP contribution in [0.3, 0.4) is 0 Å². The third-order valence-corrected chi connectivity index (χ3v) is 1.67. The molecule has 6 heteroatoms. The number of nitrogens with two attached hydrogens (primary N) is 2.